The van der Waals surface area contributed by atoms with Gasteiger partial charge in [0.2, 0.25) is 5.95 Å². The third-order valence-electron chi connectivity index (χ3n) is 3.39. The van der Waals surface area contributed by atoms with Gasteiger partial charge >= 0.3 is 0 Å². The van der Waals surface area contributed by atoms with E-state index in [9.17, 15) is 5.11 Å². The first kappa shape index (κ1) is 12.9. The zero-order chi connectivity index (χ0) is 13.0. The minimum atomic E-state index is 0.120. The largest absolute Gasteiger partial charge is 0.395 e. The van der Waals surface area contributed by atoms with Crippen LogP contribution in [0.4, 0.5) is 17.6 Å². The predicted octanol–water partition coefficient (Wildman–Crippen LogP) is 0.842. The van der Waals surface area contributed by atoms with Gasteiger partial charge in [-0.15, -0.1) is 0 Å². The SMILES string of the molecule is CNc1cc(N(CCO)C2CCCC2)nc(N)n1. The Bertz CT molecular complexity index is 392. The average Bonchev–Trinajstić information content (AvgIpc) is 2.88. The molecule has 0 aromatic carbocycles. The molecule has 1 aliphatic carbocycles. The van der Waals surface area contributed by atoms with E-state index < -0.39 is 0 Å². The highest BCUT2D eigenvalue weighted by Gasteiger charge is 2.24. The molecule has 4 N–H and O–H groups in total. The molecule has 1 aliphatic rings. The molecule has 100 valence electrons. The van der Waals surface area contributed by atoms with Crippen LogP contribution in [0.3, 0.4) is 0 Å². The summed E-state index contributed by atoms with van der Waals surface area (Å²) in [6.45, 7) is 0.708. The highest BCUT2D eigenvalue weighted by molar-refractivity contribution is 5.53. The Morgan fingerprint density at radius 3 is 2.78 bits per heavy atom. The van der Waals surface area contributed by atoms with E-state index in [4.69, 9.17) is 5.73 Å². The standard InChI is InChI=1S/C12H21N5O/c1-14-10-8-11(16-12(13)15-10)17(6-7-18)9-4-2-3-5-9/h8-9,18H,2-7H2,1H3,(H3,13,14,15,16). The van der Waals surface area contributed by atoms with Gasteiger partial charge in [-0.3, -0.25) is 0 Å². The number of hydrogen-bond acceptors (Lipinski definition) is 6. The van der Waals surface area contributed by atoms with Crippen LogP contribution in [-0.4, -0.2) is 41.3 Å². The van der Waals surface area contributed by atoms with E-state index in [0.717, 1.165) is 18.7 Å². The molecule has 1 aromatic heterocycles. The van der Waals surface area contributed by atoms with E-state index in [2.05, 4.69) is 20.2 Å². The third kappa shape index (κ3) is 2.81. The maximum absolute atomic E-state index is 9.22. The predicted molar refractivity (Wildman–Crippen MR) is 72.7 cm³/mol. The number of nitrogens with two attached hydrogens (primary N) is 1. The Labute approximate surface area is 107 Å². The lowest BCUT2D eigenvalue weighted by atomic mass is 10.2. The smallest absolute Gasteiger partial charge is 0.223 e. The molecule has 0 atom stereocenters. The van der Waals surface area contributed by atoms with Crippen LogP contribution < -0.4 is 16.0 Å². The van der Waals surface area contributed by atoms with E-state index in [1.807, 2.05) is 6.07 Å². The average molecular weight is 251 g/mol. The highest BCUT2D eigenvalue weighted by atomic mass is 16.3. The van der Waals surface area contributed by atoms with E-state index >= 15 is 0 Å². The summed E-state index contributed by atoms with van der Waals surface area (Å²) in [6, 6.07) is 2.33. The maximum atomic E-state index is 9.22. The minimum Gasteiger partial charge on any atom is -0.395 e. The number of aliphatic hydroxyl groups is 1. The quantitative estimate of drug-likeness (QED) is 0.719. The number of nitrogen functional groups attached to an aromatic ring is 1. The Morgan fingerprint density at radius 2 is 2.17 bits per heavy atom. The molecule has 0 bridgehead atoms. The molecule has 1 heterocycles. The second-order valence-corrected chi connectivity index (χ2v) is 4.57. The van der Waals surface area contributed by atoms with Crippen molar-refractivity contribution in [1.82, 2.24) is 9.97 Å². The van der Waals surface area contributed by atoms with Crippen molar-refractivity contribution in [2.75, 3.05) is 36.1 Å². The summed E-state index contributed by atoms with van der Waals surface area (Å²) < 4.78 is 0. The van der Waals surface area contributed by atoms with Crippen LogP contribution >= 0.6 is 0 Å². The number of aliphatic hydroxyl groups excluding tert-OH is 1. The maximum Gasteiger partial charge on any atom is 0.223 e. The monoisotopic (exact) mass is 251 g/mol. The summed E-state index contributed by atoms with van der Waals surface area (Å²) >= 11 is 0. The van der Waals surface area contributed by atoms with Crippen LogP contribution in [0.5, 0.6) is 0 Å². The molecule has 0 radical (unpaired) electrons. The molecule has 6 heteroatoms. The van der Waals surface area contributed by atoms with Crippen LogP contribution in [0.2, 0.25) is 0 Å². The first-order chi connectivity index (χ1) is 8.74. The summed E-state index contributed by atoms with van der Waals surface area (Å²) in [5.41, 5.74) is 5.72. The van der Waals surface area contributed by atoms with Gasteiger partial charge in [-0.25, -0.2) is 0 Å². The van der Waals surface area contributed by atoms with Crippen molar-refractivity contribution in [1.29, 1.82) is 0 Å². The third-order valence-corrected chi connectivity index (χ3v) is 3.39. The second kappa shape index (κ2) is 5.86. The summed E-state index contributed by atoms with van der Waals surface area (Å²) in [7, 11) is 1.80. The molecule has 6 nitrogen and oxygen atoms in total. The van der Waals surface area contributed by atoms with E-state index in [0.29, 0.717) is 18.4 Å². The van der Waals surface area contributed by atoms with Gasteiger partial charge in [0, 0.05) is 25.7 Å². The first-order valence-electron chi connectivity index (χ1n) is 6.44. The van der Waals surface area contributed by atoms with Crippen LogP contribution in [0.25, 0.3) is 0 Å². The van der Waals surface area contributed by atoms with Gasteiger partial charge in [0.15, 0.2) is 0 Å². The van der Waals surface area contributed by atoms with Crippen LogP contribution in [-0.2, 0) is 0 Å². The van der Waals surface area contributed by atoms with Crippen molar-refractivity contribution in [2.24, 2.45) is 0 Å². The van der Waals surface area contributed by atoms with Crippen LogP contribution in [0, 0.1) is 0 Å². The van der Waals surface area contributed by atoms with Gasteiger partial charge in [-0.1, -0.05) is 12.8 Å². The molecular formula is C12H21N5O. The molecule has 1 fully saturated rings. The van der Waals surface area contributed by atoms with E-state index in [-0.39, 0.29) is 12.6 Å². The second-order valence-electron chi connectivity index (χ2n) is 4.57. The fourth-order valence-corrected chi connectivity index (χ4v) is 2.54. The summed E-state index contributed by atoms with van der Waals surface area (Å²) in [5.74, 6) is 1.77. The fourth-order valence-electron chi connectivity index (χ4n) is 2.54. The van der Waals surface area contributed by atoms with Gasteiger partial charge in [-0.05, 0) is 12.8 Å². The first-order valence-corrected chi connectivity index (χ1v) is 6.44. The lowest BCUT2D eigenvalue weighted by Crippen LogP contribution is -2.36. The number of nitrogens with zero attached hydrogens (tertiary/aromatic N) is 3. The topological polar surface area (TPSA) is 87.3 Å². The lowest BCUT2D eigenvalue weighted by Gasteiger charge is -2.29. The van der Waals surface area contributed by atoms with Crippen molar-refractivity contribution in [2.45, 2.75) is 31.7 Å². The lowest BCUT2D eigenvalue weighted by molar-refractivity contribution is 0.297. The Hall–Kier alpha value is -1.56. The number of rotatable bonds is 5. The molecular weight excluding hydrogens is 230 g/mol. The number of nitrogens with one attached hydrogen (secondary N) is 1. The van der Waals surface area contributed by atoms with Gasteiger partial charge in [0.25, 0.3) is 0 Å². The van der Waals surface area contributed by atoms with Gasteiger partial charge in [0.1, 0.15) is 11.6 Å². The number of aromatic nitrogens is 2. The molecule has 0 aliphatic heterocycles. The zero-order valence-electron chi connectivity index (χ0n) is 10.8. The van der Waals surface area contributed by atoms with Crippen molar-refractivity contribution < 1.29 is 5.11 Å². The van der Waals surface area contributed by atoms with Gasteiger partial charge in [0.05, 0.1) is 6.61 Å². The van der Waals surface area contributed by atoms with Gasteiger partial charge < -0.3 is 21.1 Å². The summed E-state index contributed by atoms with van der Waals surface area (Å²) in [5, 5.41) is 12.2. The molecule has 1 aromatic rings. The molecule has 0 spiro atoms. The molecule has 0 amide bonds. The van der Waals surface area contributed by atoms with E-state index in [1.165, 1.54) is 12.8 Å². The summed E-state index contributed by atoms with van der Waals surface area (Å²) in [4.78, 5) is 10.5. The van der Waals surface area contributed by atoms with Crippen LogP contribution in [0.15, 0.2) is 6.07 Å². The molecule has 0 unspecified atom stereocenters. The summed E-state index contributed by atoms with van der Waals surface area (Å²) in [6.07, 6.45) is 4.79. The zero-order valence-corrected chi connectivity index (χ0v) is 10.8. The normalized spacial score (nSPS) is 15.9. The van der Waals surface area contributed by atoms with Crippen molar-refractivity contribution in [3.8, 4) is 0 Å². The Balaban J connectivity index is 2.25. The molecule has 18 heavy (non-hydrogen) atoms. The van der Waals surface area contributed by atoms with Gasteiger partial charge in [-0.2, -0.15) is 9.97 Å². The molecule has 0 saturated heterocycles. The van der Waals surface area contributed by atoms with Crippen LogP contribution in [0.1, 0.15) is 25.7 Å². The number of hydrogen-bond donors (Lipinski definition) is 3. The van der Waals surface area contributed by atoms with Crippen molar-refractivity contribution >= 4 is 17.6 Å². The minimum absolute atomic E-state index is 0.120. The molecule has 1 saturated carbocycles. The fraction of sp³-hybridized carbons (Fsp3) is 0.667. The number of anilines is 3. The van der Waals surface area contributed by atoms with Crippen molar-refractivity contribution in [3.05, 3.63) is 6.07 Å². The highest BCUT2D eigenvalue weighted by Crippen LogP contribution is 2.28. The molecule has 2 rings (SSSR count). The Morgan fingerprint density at radius 1 is 1.44 bits per heavy atom. The van der Waals surface area contributed by atoms with E-state index in [1.54, 1.807) is 7.05 Å². The Kier molecular flexibility index (Phi) is 4.19. The van der Waals surface area contributed by atoms with Crippen molar-refractivity contribution in [3.63, 3.8) is 0 Å².